The van der Waals surface area contributed by atoms with Gasteiger partial charge in [-0.1, -0.05) is 0 Å². The van der Waals surface area contributed by atoms with E-state index in [1.165, 1.54) is 0 Å². The van der Waals surface area contributed by atoms with Crippen molar-refractivity contribution in [2.24, 2.45) is 0 Å². The molecular weight excluding hydrogens is 447 g/mol. The van der Waals surface area contributed by atoms with Crippen molar-refractivity contribution in [1.82, 2.24) is 19.4 Å². The third kappa shape index (κ3) is 4.66. The molecule has 0 saturated carbocycles. The summed E-state index contributed by atoms with van der Waals surface area (Å²) in [7, 11) is -2.95. The molecule has 166 valence electrons. The minimum Gasteiger partial charge on any atom is -0.464 e. The number of rotatable bonds is 4. The molecule has 2 N–H and O–H groups in total. The Morgan fingerprint density at radius 2 is 1.97 bits per heavy atom. The van der Waals surface area contributed by atoms with Gasteiger partial charge in [-0.3, -0.25) is 4.79 Å². The first-order valence-corrected chi connectivity index (χ1v) is 10.2. The molecule has 31 heavy (non-hydrogen) atoms. The Bertz CT molecular complexity index is 1190. The molecule has 0 atom stereocenters. The number of aromatic nitrogens is 2. The lowest BCUT2D eigenvalue weighted by Crippen LogP contribution is -2.50. The number of imide groups is 1. The first kappa shape index (κ1) is 22.2. The van der Waals surface area contributed by atoms with E-state index in [1.807, 2.05) is 0 Å². The molecule has 0 saturated heterocycles. The molecule has 3 amide bonds. The van der Waals surface area contributed by atoms with E-state index in [1.54, 1.807) is 4.83 Å². The topological polar surface area (TPSA) is 140 Å². The number of carbonyl (C=O) groups is 3. The zero-order valence-corrected chi connectivity index (χ0v) is 16.7. The molecule has 1 aromatic carbocycles. The largest absolute Gasteiger partial charge is 0.464 e. The highest BCUT2D eigenvalue weighted by molar-refractivity contribution is 7.88. The Kier molecular flexibility index (Phi) is 5.49. The Balaban J connectivity index is 2.12. The number of urea groups is 1. The maximum absolute atomic E-state index is 13.7. The smallest absolute Gasteiger partial charge is 0.418 e. The number of esters is 1. The molecule has 11 nitrogen and oxygen atoms in total. The third-order valence-corrected chi connectivity index (χ3v) is 4.59. The van der Waals surface area contributed by atoms with Gasteiger partial charge < -0.3 is 14.6 Å². The number of nitrogens with one attached hydrogen (secondary N) is 2. The van der Waals surface area contributed by atoms with Crippen LogP contribution in [0.4, 0.5) is 23.7 Å². The molecule has 0 radical (unpaired) electrons. The summed E-state index contributed by atoms with van der Waals surface area (Å²) in [6.07, 6.45) is -2.81. The molecule has 0 unspecified atom stereocenters. The van der Waals surface area contributed by atoms with Gasteiger partial charge in [-0.05, 0) is 17.7 Å². The number of carbonyl (C=O) groups excluding carboxylic acids is 3. The number of fused-ring (bicyclic) bond motifs is 1. The Morgan fingerprint density at radius 1 is 1.29 bits per heavy atom. The minimum absolute atomic E-state index is 0.0209. The fraction of sp³-hybridized carbons (Fsp3) is 0.250. The van der Waals surface area contributed by atoms with Crippen LogP contribution in [0.2, 0.25) is 0 Å². The molecule has 0 bridgehead atoms. The third-order valence-electron chi connectivity index (χ3n) is 4.08. The second-order valence-corrected chi connectivity index (χ2v) is 8.11. The van der Waals surface area contributed by atoms with Crippen molar-refractivity contribution in [3.05, 3.63) is 41.5 Å². The van der Waals surface area contributed by atoms with E-state index >= 15 is 0 Å². The lowest BCUT2D eigenvalue weighted by Gasteiger charge is -2.18. The Labute approximate surface area is 172 Å². The van der Waals surface area contributed by atoms with Crippen LogP contribution in [0, 0.1) is 0 Å². The normalized spacial score (nSPS) is 14.7. The number of sulfonamides is 1. The van der Waals surface area contributed by atoms with Crippen LogP contribution in [0.5, 0.6) is 0 Å². The quantitative estimate of drug-likeness (QED) is 0.649. The van der Waals surface area contributed by atoms with Gasteiger partial charge in [0.2, 0.25) is 10.0 Å². The average molecular weight is 461 g/mol. The summed E-state index contributed by atoms with van der Waals surface area (Å²) in [5.74, 6) is -1.89. The molecule has 3 rings (SSSR count). The van der Waals surface area contributed by atoms with E-state index in [4.69, 9.17) is 0 Å². The summed E-state index contributed by atoms with van der Waals surface area (Å²) in [5, 5.41) is 2.25. The lowest BCUT2D eigenvalue weighted by atomic mass is 10.0. The van der Waals surface area contributed by atoms with Gasteiger partial charge in [0.25, 0.3) is 5.91 Å². The van der Waals surface area contributed by atoms with E-state index in [9.17, 15) is 36.0 Å². The number of methoxy groups -OCH3 is 1. The van der Waals surface area contributed by atoms with Crippen LogP contribution in [-0.4, -0.2) is 54.3 Å². The summed E-state index contributed by atoms with van der Waals surface area (Å²) in [6, 6.07) is 0.325. The summed E-state index contributed by atoms with van der Waals surface area (Å²) in [4.78, 5) is 41.5. The maximum Gasteiger partial charge on any atom is 0.418 e. The molecule has 2 heterocycles. The summed E-state index contributed by atoms with van der Waals surface area (Å²) >= 11 is 0. The van der Waals surface area contributed by atoms with Gasteiger partial charge in [0.15, 0.2) is 5.69 Å². The first-order chi connectivity index (χ1) is 14.3. The van der Waals surface area contributed by atoms with Crippen LogP contribution in [0.25, 0.3) is 5.69 Å². The first-order valence-electron chi connectivity index (χ1n) is 8.28. The predicted molar refractivity (Wildman–Crippen MR) is 97.5 cm³/mol. The van der Waals surface area contributed by atoms with Crippen LogP contribution in [0.15, 0.2) is 24.7 Å². The minimum atomic E-state index is -4.88. The summed E-state index contributed by atoms with van der Waals surface area (Å²) < 4.78 is 69.3. The highest BCUT2D eigenvalue weighted by Gasteiger charge is 2.37. The highest BCUT2D eigenvalue weighted by Crippen LogP contribution is 2.38. The second-order valence-electron chi connectivity index (χ2n) is 6.38. The van der Waals surface area contributed by atoms with E-state index in [0.29, 0.717) is 12.3 Å². The van der Waals surface area contributed by atoms with Gasteiger partial charge >= 0.3 is 18.2 Å². The number of benzene rings is 1. The van der Waals surface area contributed by atoms with Crippen LogP contribution in [-0.2, 0) is 32.2 Å². The number of nitrogens with zero attached hydrogens (tertiary/aromatic N) is 3. The number of hydrogen-bond acceptors (Lipinski definition) is 7. The number of ether oxygens (including phenoxy) is 1. The molecule has 1 aromatic heterocycles. The molecule has 0 spiro atoms. The fourth-order valence-electron chi connectivity index (χ4n) is 2.78. The molecule has 0 aliphatic carbocycles. The zero-order valence-electron chi connectivity index (χ0n) is 15.8. The molecule has 2 aromatic rings. The fourth-order valence-corrected chi connectivity index (χ4v) is 3.30. The van der Waals surface area contributed by atoms with Gasteiger partial charge in [0, 0.05) is 11.9 Å². The van der Waals surface area contributed by atoms with E-state index in [2.05, 4.69) is 15.0 Å². The molecule has 1 aliphatic rings. The van der Waals surface area contributed by atoms with Crippen LogP contribution in [0.1, 0.15) is 21.6 Å². The summed E-state index contributed by atoms with van der Waals surface area (Å²) in [5.41, 5.74) is -2.27. The standard InChI is InChI=1S/C16H14F3N5O6S/c1-30-14(26)11-6-23(7-20-11)12-3-8-4-13(25)24(22-31(2,28)29)15(27)21-10(8)5-9(12)16(17,18)19/h3,5-7,22H,4H2,1-2H3,(H,21,27). The number of hydrogen-bond donors (Lipinski definition) is 2. The SMILES string of the molecule is COC(=O)c1cn(-c2cc3c(cc2C(F)(F)F)NC(=O)N(NS(C)(=O)=O)C(=O)C3)cn1. The monoisotopic (exact) mass is 461 g/mol. The number of halogens is 3. The number of imidazole rings is 1. The predicted octanol–water partition coefficient (Wildman–Crippen LogP) is 1.06. The Morgan fingerprint density at radius 3 is 2.55 bits per heavy atom. The lowest BCUT2D eigenvalue weighted by molar-refractivity contribution is -0.137. The molecule has 0 fully saturated rings. The number of amides is 3. The molecule has 1 aliphatic heterocycles. The van der Waals surface area contributed by atoms with Crippen molar-refractivity contribution in [2.75, 3.05) is 18.7 Å². The second kappa shape index (κ2) is 7.66. The number of anilines is 1. The van der Waals surface area contributed by atoms with Gasteiger partial charge in [-0.15, -0.1) is 4.83 Å². The average Bonchev–Trinajstić information content (AvgIpc) is 3.10. The Hall–Kier alpha value is -3.46. The maximum atomic E-state index is 13.7. The van der Waals surface area contributed by atoms with Crippen molar-refractivity contribution < 1.29 is 40.7 Å². The van der Waals surface area contributed by atoms with Gasteiger partial charge in [0.1, 0.15) is 6.33 Å². The van der Waals surface area contributed by atoms with Gasteiger partial charge in [-0.25, -0.2) is 23.0 Å². The van der Waals surface area contributed by atoms with Crippen LogP contribution < -0.4 is 10.1 Å². The zero-order chi connectivity index (χ0) is 23.1. The van der Waals surface area contributed by atoms with Crippen molar-refractivity contribution >= 4 is 33.6 Å². The van der Waals surface area contributed by atoms with Crippen molar-refractivity contribution in [3.63, 3.8) is 0 Å². The molecule has 15 heteroatoms. The van der Waals surface area contributed by atoms with Crippen LogP contribution in [0.3, 0.4) is 0 Å². The van der Waals surface area contributed by atoms with Gasteiger partial charge in [-0.2, -0.15) is 18.2 Å². The van der Waals surface area contributed by atoms with Crippen molar-refractivity contribution in [1.29, 1.82) is 0 Å². The van der Waals surface area contributed by atoms with Crippen molar-refractivity contribution in [3.8, 4) is 5.69 Å². The van der Waals surface area contributed by atoms with Crippen molar-refractivity contribution in [2.45, 2.75) is 12.6 Å². The van der Waals surface area contributed by atoms with E-state index in [-0.39, 0.29) is 22.0 Å². The number of hydrazine groups is 1. The number of alkyl halides is 3. The summed E-state index contributed by atoms with van der Waals surface area (Å²) in [6.45, 7) is 0. The van der Waals surface area contributed by atoms with Crippen LogP contribution >= 0.6 is 0 Å². The molecular formula is C16H14F3N5O6S. The highest BCUT2D eigenvalue weighted by atomic mass is 32.2. The van der Waals surface area contributed by atoms with E-state index in [0.717, 1.165) is 30.3 Å². The van der Waals surface area contributed by atoms with E-state index < -0.39 is 51.8 Å². The van der Waals surface area contributed by atoms with Gasteiger partial charge in [0.05, 0.1) is 31.0 Å².